The molecule has 4 nitrogen and oxygen atoms in total. The van der Waals surface area contributed by atoms with Gasteiger partial charge in [-0.25, -0.2) is 4.98 Å². The first-order valence-electron chi connectivity index (χ1n) is 8.83. The predicted octanol–water partition coefficient (Wildman–Crippen LogP) is 5.64. The van der Waals surface area contributed by atoms with Crippen LogP contribution in [-0.4, -0.2) is 22.6 Å². The molecule has 0 radical (unpaired) electrons. The van der Waals surface area contributed by atoms with Crippen LogP contribution in [0, 0.1) is 5.92 Å². The van der Waals surface area contributed by atoms with Gasteiger partial charge in [-0.05, 0) is 50.8 Å². The van der Waals surface area contributed by atoms with E-state index < -0.39 is 17.3 Å². The van der Waals surface area contributed by atoms with Gasteiger partial charge in [0.1, 0.15) is 11.2 Å². The van der Waals surface area contributed by atoms with Crippen LogP contribution in [0.25, 0.3) is 0 Å². The van der Waals surface area contributed by atoms with Gasteiger partial charge in [0.15, 0.2) is 5.82 Å². The van der Waals surface area contributed by atoms with Gasteiger partial charge in [-0.2, -0.15) is 18.2 Å². The largest absolute Gasteiger partial charge is 0.458 e. The molecule has 2 rings (SSSR count). The van der Waals surface area contributed by atoms with Gasteiger partial charge in [-0.3, -0.25) is 0 Å². The lowest BCUT2D eigenvalue weighted by atomic mass is 10.0. The Hall–Kier alpha value is -2.31. The van der Waals surface area contributed by atoms with Crippen LogP contribution in [0.4, 0.5) is 24.7 Å². The minimum absolute atomic E-state index is 0.0873. The summed E-state index contributed by atoms with van der Waals surface area (Å²) in [5.74, 6) is 0.209. The Bertz CT molecular complexity index is 783. The van der Waals surface area contributed by atoms with Crippen LogP contribution in [0.15, 0.2) is 30.5 Å². The molecule has 0 bridgehead atoms. The van der Waals surface area contributed by atoms with Gasteiger partial charge in [0, 0.05) is 18.9 Å². The maximum atomic E-state index is 13.5. The summed E-state index contributed by atoms with van der Waals surface area (Å²) in [7, 11) is 1.56. The van der Waals surface area contributed by atoms with Gasteiger partial charge in [-0.1, -0.05) is 26.0 Å². The molecule has 27 heavy (non-hydrogen) atoms. The van der Waals surface area contributed by atoms with Crippen molar-refractivity contribution >= 4 is 11.5 Å². The van der Waals surface area contributed by atoms with Gasteiger partial charge in [0.2, 0.25) is 0 Å². The lowest BCUT2D eigenvalue weighted by molar-refractivity contribution is -0.137. The van der Waals surface area contributed by atoms with Gasteiger partial charge < -0.3 is 9.64 Å². The average molecular weight is 381 g/mol. The maximum absolute atomic E-state index is 13.5. The van der Waals surface area contributed by atoms with Gasteiger partial charge >= 0.3 is 12.2 Å². The van der Waals surface area contributed by atoms with Crippen LogP contribution in [0.1, 0.15) is 45.7 Å². The molecule has 0 atom stereocenters. The molecule has 1 aromatic carbocycles. The maximum Gasteiger partial charge on any atom is 0.421 e. The van der Waals surface area contributed by atoms with E-state index in [1.165, 1.54) is 4.90 Å². The van der Waals surface area contributed by atoms with E-state index in [1.807, 2.05) is 18.2 Å². The highest BCUT2D eigenvalue weighted by Gasteiger charge is 2.37. The molecule has 0 N–H and O–H groups in total. The van der Waals surface area contributed by atoms with Crippen molar-refractivity contribution in [2.75, 3.05) is 11.9 Å². The Morgan fingerprint density at radius 3 is 2.37 bits per heavy atom. The normalized spacial score (nSPS) is 12.4. The summed E-state index contributed by atoms with van der Waals surface area (Å²) in [6, 6.07) is 7.36. The zero-order valence-corrected chi connectivity index (χ0v) is 16.6. The second-order valence-corrected chi connectivity index (χ2v) is 7.93. The molecule has 1 heterocycles. The molecule has 2 aromatic rings. The molecule has 0 fully saturated rings. The van der Waals surface area contributed by atoms with E-state index in [0.29, 0.717) is 11.6 Å². The highest BCUT2D eigenvalue weighted by atomic mass is 19.4. The zero-order chi connectivity index (χ0) is 20.4. The number of alkyl halides is 3. The molecular formula is C20H26F3N3O. The summed E-state index contributed by atoms with van der Waals surface area (Å²) in [5.41, 5.74) is 0.162. The summed E-state index contributed by atoms with van der Waals surface area (Å²) >= 11 is 0. The lowest BCUT2D eigenvalue weighted by Gasteiger charge is -2.25. The van der Waals surface area contributed by atoms with E-state index in [1.54, 1.807) is 33.9 Å². The summed E-state index contributed by atoms with van der Waals surface area (Å²) in [6.45, 7) is 9.55. The van der Waals surface area contributed by atoms with Crippen molar-refractivity contribution in [3.63, 3.8) is 0 Å². The number of hydrogen-bond acceptors (Lipinski definition) is 4. The van der Waals surface area contributed by atoms with Crippen molar-refractivity contribution in [1.29, 1.82) is 0 Å². The van der Waals surface area contributed by atoms with E-state index in [-0.39, 0.29) is 11.8 Å². The molecule has 148 valence electrons. The van der Waals surface area contributed by atoms with Crippen molar-refractivity contribution < 1.29 is 17.9 Å². The van der Waals surface area contributed by atoms with E-state index >= 15 is 0 Å². The predicted molar refractivity (Wildman–Crippen MR) is 100 cm³/mol. The lowest BCUT2D eigenvalue weighted by Crippen LogP contribution is -2.26. The number of benzene rings is 1. The van der Waals surface area contributed by atoms with Crippen LogP contribution >= 0.6 is 0 Å². The van der Waals surface area contributed by atoms with Crippen molar-refractivity contribution in [3.05, 3.63) is 41.6 Å². The first-order valence-corrected chi connectivity index (χ1v) is 8.83. The third-order valence-electron chi connectivity index (χ3n) is 3.71. The van der Waals surface area contributed by atoms with E-state index in [4.69, 9.17) is 4.74 Å². The molecule has 0 spiro atoms. The molecule has 1 aromatic heterocycles. The van der Waals surface area contributed by atoms with Gasteiger partial charge in [0.25, 0.3) is 0 Å². The summed E-state index contributed by atoms with van der Waals surface area (Å²) in [5, 5.41) is 0. The second kappa shape index (κ2) is 7.74. The Kier molecular flexibility index (Phi) is 6.02. The Labute approximate surface area is 158 Å². The first-order chi connectivity index (χ1) is 12.4. The third kappa shape index (κ3) is 5.84. The van der Waals surface area contributed by atoms with Crippen molar-refractivity contribution in [1.82, 2.24) is 9.97 Å². The Morgan fingerprint density at radius 2 is 1.81 bits per heavy atom. The highest BCUT2D eigenvalue weighted by Crippen LogP contribution is 2.38. The fourth-order valence-corrected chi connectivity index (χ4v) is 2.62. The smallest absolute Gasteiger partial charge is 0.421 e. The van der Waals surface area contributed by atoms with Crippen LogP contribution in [0.3, 0.4) is 0 Å². The summed E-state index contributed by atoms with van der Waals surface area (Å²) in [4.78, 5) is 9.23. The molecule has 7 heteroatoms. The second-order valence-electron chi connectivity index (χ2n) is 7.93. The summed E-state index contributed by atoms with van der Waals surface area (Å²) in [6.07, 6.45) is -2.95. The topological polar surface area (TPSA) is 38.2 Å². The molecule has 0 aliphatic heterocycles. The zero-order valence-electron chi connectivity index (χ0n) is 16.6. The summed E-state index contributed by atoms with van der Waals surface area (Å²) < 4.78 is 46.0. The molecular weight excluding hydrogens is 355 g/mol. The molecule has 0 aliphatic rings. The number of anilines is 2. The fraction of sp³-hybridized carbons (Fsp3) is 0.500. The molecule has 0 aliphatic carbocycles. The SMILES string of the molecule is CC(C)Cc1cccc(N(C)c2nc(OC(C)(C)C)ncc2C(F)(F)F)c1. The third-order valence-corrected chi connectivity index (χ3v) is 3.71. The van der Waals surface area contributed by atoms with Crippen LogP contribution in [0.2, 0.25) is 0 Å². The van der Waals surface area contributed by atoms with Crippen molar-refractivity contribution in [2.45, 2.75) is 52.8 Å². The molecule has 0 saturated heterocycles. The Balaban J connectivity index is 2.49. The van der Waals surface area contributed by atoms with Gasteiger partial charge in [-0.15, -0.1) is 0 Å². The first kappa shape index (κ1) is 21.0. The van der Waals surface area contributed by atoms with Crippen LogP contribution in [-0.2, 0) is 12.6 Å². The molecule has 0 unspecified atom stereocenters. The fourth-order valence-electron chi connectivity index (χ4n) is 2.62. The van der Waals surface area contributed by atoms with E-state index in [9.17, 15) is 13.2 Å². The number of aromatic nitrogens is 2. The molecule has 0 amide bonds. The van der Waals surface area contributed by atoms with E-state index in [0.717, 1.165) is 18.2 Å². The van der Waals surface area contributed by atoms with Crippen molar-refractivity contribution in [2.24, 2.45) is 5.92 Å². The number of ether oxygens (including phenoxy) is 1. The van der Waals surface area contributed by atoms with Crippen LogP contribution in [0.5, 0.6) is 6.01 Å². The average Bonchev–Trinajstić information content (AvgIpc) is 2.51. The van der Waals surface area contributed by atoms with Crippen LogP contribution < -0.4 is 9.64 Å². The molecule has 0 saturated carbocycles. The van der Waals surface area contributed by atoms with E-state index in [2.05, 4.69) is 23.8 Å². The quantitative estimate of drug-likeness (QED) is 0.672. The number of rotatable bonds is 5. The standard InChI is InChI=1S/C20H26F3N3O/c1-13(2)10-14-8-7-9-15(11-14)26(6)17-16(20(21,22)23)12-24-18(25-17)27-19(3,4)5/h7-9,11-13H,10H2,1-6H3. The van der Waals surface area contributed by atoms with Crippen molar-refractivity contribution in [3.8, 4) is 6.01 Å². The minimum Gasteiger partial charge on any atom is -0.458 e. The number of halogens is 3. The number of hydrogen-bond donors (Lipinski definition) is 0. The Morgan fingerprint density at radius 1 is 1.15 bits per heavy atom. The minimum atomic E-state index is -4.57. The number of nitrogens with zero attached hydrogens (tertiary/aromatic N) is 3. The van der Waals surface area contributed by atoms with Gasteiger partial charge in [0.05, 0.1) is 0 Å². The monoisotopic (exact) mass is 381 g/mol. The highest BCUT2D eigenvalue weighted by molar-refractivity contribution is 5.63.